The summed E-state index contributed by atoms with van der Waals surface area (Å²) in [7, 11) is 1.40. The number of aryl methyl sites for hydroxylation is 1. The van der Waals surface area contributed by atoms with Gasteiger partial charge < -0.3 is 52.8 Å². The molecule has 4 bridgehead atoms. The van der Waals surface area contributed by atoms with Gasteiger partial charge in [-0.25, -0.2) is 9.97 Å². The summed E-state index contributed by atoms with van der Waals surface area (Å²) < 4.78 is 12.1. The minimum Gasteiger partial charge on any atom is -0.492 e. The van der Waals surface area contributed by atoms with E-state index in [-0.39, 0.29) is 69.5 Å². The molecule has 2 heterocycles. The fourth-order valence-corrected chi connectivity index (χ4v) is 6.32. The van der Waals surface area contributed by atoms with Crippen molar-refractivity contribution in [2.24, 2.45) is 23.1 Å². The molecule has 0 unspecified atom stereocenters. The number of nitrogens with two attached hydrogens (primary N) is 3. The van der Waals surface area contributed by atoms with E-state index in [0.29, 0.717) is 39.4 Å². The van der Waals surface area contributed by atoms with E-state index in [1.165, 1.54) is 25.1 Å². The molecule has 1 aliphatic rings. The van der Waals surface area contributed by atoms with Crippen molar-refractivity contribution in [3.63, 3.8) is 0 Å². The summed E-state index contributed by atoms with van der Waals surface area (Å²) in [6.07, 6.45) is 1.34. The van der Waals surface area contributed by atoms with Crippen LogP contribution >= 0.6 is 0 Å². The van der Waals surface area contributed by atoms with Crippen LogP contribution in [-0.4, -0.2) is 109 Å². The lowest BCUT2D eigenvalue weighted by molar-refractivity contribution is -0.141. The van der Waals surface area contributed by atoms with Crippen LogP contribution in [0.2, 0.25) is 0 Å². The SMILES string of the molecule is Cc1nc(C#CC(C)C)ncc1C(=O)N[C@@H](CCN)C(=O)N(C)[C@@H]1C(=O)N[C@@H](C)C(=O)N[C@H](C(=O)NCC#N)Cc2ccc(OCCN)c(c2)-c2cc1ccc2OCCN. The van der Waals surface area contributed by atoms with E-state index in [0.717, 1.165) is 0 Å². The van der Waals surface area contributed by atoms with E-state index in [2.05, 4.69) is 43.1 Å². The van der Waals surface area contributed by atoms with Crippen molar-refractivity contribution < 1.29 is 33.4 Å². The molecule has 0 fully saturated rings. The second kappa shape index (κ2) is 22.0. The van der Waals surface area contributed by atoms with E-state index in [9.17, 15) is 24.0 Å². The highest BCUT2D eigenvalue weighted by atomic mass is 16.5. The first-order valence-corrected chi connectivity index (χ1v) is 19.5. The molecule has 1 aromatic heterocycles. The molecule has 4 atom stereocenters. The lowest BCUT2D eigenvalue weighted by Gasteiger charge is -2.32. The Morgan fingerprint density at radius 2 is 1.65 bits per heavy atom. The summed E-state index contributed by atoms with van der Waals surface area (Å²) in [5.41, 5.74) is 19.9. The van der Waals surface area contributed by atoms with E-state index in [1.807, 2.05) is 19.9 Å². The molecule has 0 saturated carbocycles. The van der Waals surface area contributed by atoms with Crippen molar-refractivity contribution in [2.45, 2.75) is 64.7 Å². The molecule has 4 rings (SSSR count). The predicted molar refractivity (Wildman–Crippen MR) is 222 cm³/mol. The van der Waals surface area contributed by atoms with E-state index >= 15 is 0 Å². The normalized spacial score (nSPS) is 16.7. The number of hydrogen-bond donors (Lipinski definition) is 7. The molecule has 60 heavy (non-hydrogen) atoms. The number of carbonyl (C=O) groups excluding carboxylic acids is 5. The average molecular weight is 824 g/mol. The van der Waals surface area contributed by atoms with Gasteiger partial charge >= 0.3 is 0 Å². The van der Waals surface area contributed by atoms with Gasteiger partial charge in [-0.3, -0.25) is 24.0 Å². The fourth-order valence-electron chi connectivity index (χ4n) is 6.32. The zero-order valence-electron chi connectivity index (χ0n) is 34.5. The Hall–Kier alpha value is -6.60. The van der Waals surface area contributed by atoms with Crippen LogP contribution in [0.5, 0.6) is 11.5 Å². The highest BCUT2D eigenvalue weighted by Gasteiger charge is 2.36. The minimum absolute atomic E-state index is 0.000161. The lowest BCUT2D eigenvalue weighted by atomic mass is 9.93. The van der Waals surface area contributed by atoms with Gasteiger partial charge in [0.2, 0.25) is 29.5 Å². The molecule has 0 saturated heterocycles. The summed E-state index contributed by atoms with van der Waals surface area (Å²) >= 11 is 0. The monoisotopic (exact) mass is 823 g/mol. The Labute approximate surface area is 349 Å². The predicted octanol–water partition coefficient (Wildman–Crippen LogP) is -0.0332. The van der Waals surface area contributed by atoms with Crippen molar-refractivity contribution in [1.29, 1.82) is 5.26 Å². The van der Waals surface area contributed by atoms with E-state index < -0.39 is 53.7 Å². The largest absolute Gasteiger partial charge is 0.492 e. The number of rotatable bonds is 14. The number of hydrogen-bond acceptors (Lipinski definition) is 13. The second-order valence-corrected chi connectivity index (χ2v) is 14.3. The molecule has 1 aliphatic heterocycles. The molecule has 10 N–H and O–H groups in total. The van der Waals surface area contributed by atoms with E-state index in [4.69, 9.17) is 31.9 Å². The molecule has 318 valence electrons. The Morgan fingerprint density at radius 3 is 2.27 bits per heavy atom. The number of fused-ring (bicyclic) bond motifs is 5. The van der Waals surface area contributed by atoms with Crippen molar-refractivity contribution in [2.75, 3.05) is 46.4 Å². The van der Waals surface area contributed by atoms with E-state index in [1.54, 1.807) is 43.3 Å². The molecule has 18 heteroatoms. The van der Waals surface area contributed by atoms with Crippen LogP contribution < -0.4 is 47.9 Å². The first-order valence-electron chi connectivity index (χ1n) is 19.5. The van der Waals surface area contributed by atoms with Gasteiger partial charge in [0.15, 0.2) is 0 Å². The van der Waals surface area contributed by atoms with Crippen LogP contribution in [0.4, 0.5) is 0 Å². The number of benzene rings is 2. The van der Waals surface area contributed by atoms with Crippen LogP contribution in [0, 0.1) is 36.0 Å². The number of carbonyl (C=O) groups is 5. The molecule has 5 amide bonds. The first-order chi connectivity index (χ1) is 28.7. The van der Waals surface area contributed by atoms with Crippen LogP contribution in [0.25, 0.3) is 11.1 Å². The maximum absolute atomic E-state index is 14.5. The van der Waals surface area contributed by atoms with Gasteiger partial charge in [0.05, 0.1) is 17.3 Å². The second-order valence-electron chi connectivity index (χ2n) is 14.3. The zero-order valence-corrected chi connectivity index (χ0v) is 34.5. The highest BCUT2D eigenvalue weighted by Crippen LogP contribution is 2.40. The van der Waals surface area contributed by atoms with Crippen LogP contribution in [0.15, 0.2) is 42.6 Å². The highest BCUT2D eigenvalue weighted by molar-refractivity contribution is 5.99. The summed E-state index contributed by atoms with van der Waals surface area (Å²) in [6.45, 7) is 7.28. The Morgan fingerprint density at radius 1 is 0.983 bits per heavy atom. The molecule has 0 spiro atoms. The molecule has 18 nitrogen and oxygen atoms in total. The molecule has 2 aromatic carbocycles. The van der Waals surface area contributed by atoms with Crippen LogP contribution in [-0.2, 0) is 25.6 Å². The van der Waals surface area contributed by atoms with Gasteiger partial charge in [-0.05, 0) is 68.1 Å². The number of likely N-dealkylation sites (N-methyl/N-ethyl adjacent to an activating group) is 1. The summed E-state index contributed by atoms with van der Waals surface area (Å²) in [4.78, 5) is 79.2. The number of amides is 5. The molecule has 0 aliphatic carbocycles. The maximum Gasteiger partial charge on any atom is 0.255 e. The minimum atomic E-state index is -1.40. The Kier molecular flexibility index (Phi) is 16.9. The fraction of sp³-hybridized carbons (Fsp3) is 0.429. The number of ether oxygens (including phenoxy) is 2. The third kappa shape index (κ3) is 12.0. The molecule has 0 radical (unpaired) electrons. The van der Waals surface area contributed by atoms with Crippen LogP contribution in [0.1, 0.15) is 66.2 Å². The standard InChI is InChI=1S/C42H53N11O7/c1-24(2)6-11-36-48-23-31(25(3)49-36)39(55)51-32(12-13-43)42(58)53(5)37-28-8-10-35(60-19-16-46)30(22-28)29-20-27(7-9-34(29)59-18-15-45)21-33(40(56)47-17-14-44)52-38(54)26(4)50-41(37)57/h7-10,20,22-24,26,32-33,37H,12-13,15-19,21,43,45-46H2,1-5H3,(H,47,56)(H,50,57)(H,51,55)(H,52,54)/t26-,32-,33-,37-/m0/s1. The molecular weight excluding hydrogens is 771 g/mol. The number of nitrogens with one attached hydrogen (secondary N) is 4. The quantitative estimate of drug-likeness (QED) is 0.0832. The van der Waals surface area contributed by atoms with Gasteiger partial charge in [-0.2, -0.15) is 5.26 Å². The summed E-state index contributed by atoms with van der Waals surface area (Å²) in [5, 5.41) is 19.7. The number of aromatic nitrogens is 2. The maximum atomic E-state index is 14.5. The first kappa shape index (κ1) is 46.1. The van der Waals surface area contributed by atoms with Crippen molar-refractivity contribution >= 4 is 29.5 Å². The lowest BCUT2D eigenvalue weighted by Crippen LogP contribution is -2.56. The zero-order chi connectivity index (χ0) is 43.9. The molecular formula is C42H53N11O7. The number of nitrogens with zero attached hydrogens (tertiary/aromatic N) is 4. The summed E-state index contributed by atoms with van der Waals surface area (Å²) in [5.74, 6) is 3.56. The van der Waals surface area contributed by atoms with Gasteiger partial charge in [-0.1, -0.05) is 31.9 Å². The van der Waals surface area contributed by atoms with Gasteiger partial charge in [0, 0.05) is 49.8 Å². The smallest absolute Gasteiger partial charge is 0.255 e. The van der Waals surface area contributed by atoms with Gasteiger partial charge in [0.1, 0.15) is 55.4 Å². The van der Waals surface area contributed by atoms with Gasteiger partial charge in [0.25, 0.3) is 5.91 Å². The van der Waals surface area contributed by atoms with Crippen molar-refractivity contribution in [3.05, 3.63) is 70.8 Å². The summed E-state index contributed by atoms with van der Waals surface area (Å²) in [6, 6.07) is 6.99. The van der Waals surface area contributed by atoms with Crippen molar-refractivity contribution in [3.8, 4) is 40.5 Å². The Balaban J connectivity index is 1.85. The third-order valence-corrected chi connectivity index (χ3v) is 9.31. The molecule has 3 aromatic rings. The third-order valence-electron chi connectivity index (χ3n) is 9.31. The number of nitriles is 1. The average Bonchev–Trinajstić information content (AvgIpc) is 3.22. The topological polar surface area (TPSA) is 283 Å². The Bertz CT molecular complexity index is 2160. The van der Waals surface area contributed by atoms with Gasteiger partial charge in [-0.15, -0.1) is 0 Å². The van der Waals surface area contributed by atoms with Crippen LogP contribution in [0.3, 0.4) is 0 Å². The van der Waals surface area contributed by atoms with Crippen molar-refractivity contribution in [1.82, 2.24) is 36.1 Å².